The van der Waals surface area contributed by atoms with E-state index in [0.29, 0.717) is 5.56 Å². The molecule has 2 aromatic rings. The first kappa shape index (κ1) is 19.6. The minimum atomic E-state index is -3.36. The van der Waals surface area contributed by atoms with Crippen molar-refractivity contribution in [1.29, 1.82) is 0 Å². The molecular weight excluding hydrogens is 375 g/mol. The highest BCUT2D eigenvalue weighted by atomic mass is 32.2. The third-order valence-electron chi connectivity index (χ3n) is 5.61. The lowest BCUT2D eigenvalue weighted by Gasteiger charge is -2.21. The Morgan fingerprint density at radius 1 is 1.14 bits per heavy atom. The SMILES string of the molecule is O=S(=O)(CC1CC1)NCc1cc2c(cc1F)CCCNC2Cc1ccccc1. The molecule has 150 valence electrons. The van der Waals surface area contributed by atoms with E-state index in [9.17, 15) is 12.8 Å². The summed E-state index contributed by atoms with van der Waals surface area (Å²) in [7, 11) is -3.36. The molecule has 1 aliphatic carbocycles. The van der Waals surface area contributed by atoms with Crippen LogP contribution in [0.2, 0.25) is 0 Å². The van der Waals surface area contributed by atoms with Crippen molar-refractivity contribution in [2.24, 2.45) is 5.92 Å². The van der Waals surface area contributed by atoms with Gasteiger partial charge in [-0.25, -0.2) is 17.5 Å². The molecule has 0 amide bonds. The van der Waals surface area contributed by atoms with Gasteiger partial charge >= 0.3 is 0 Å². The van der Waals surface area contributed by atoms with E-state index in [-0.39, 0.29) is 30.1 Å². The van der Waals surface area contributed by atoms with Gasteiger partial charge < -0.3 is 5.32 Å². The largest absolute Gasteiger partial charge is 0.310 e. The second-order valence-electron chi connectivity index (χ2n) is 7.99. The second-order valence-corrected chi connectivity index (χ2v) is 9.84. The zero-order valence-corrected chi connectivity index (χ0v) is 16.8. The summed E-state index contributed by atoms with van der Waals surface area (Å²) in [6, 6.07) is 13.8. The van der Waals surface area contributed by atoms with E-state index in [1.165, 1.54) is 5.56 Å². The van der Waals surface area contributed by atoms with E-state index >= 15 is 0 Å². The quantitative estimate of drug-likeness (QED) is 0.746. The Labute approximate surface area is 166 Å². The molecule has 0 aromatic heterocycles. The molecule has 1 aliphatic heterocycles. The molecule has 28 heavy (non-hydrogen) atoms. The van der Waals surface area contributed by atoms with Crippen LogP contribution in [0.4, 0.5) is 4.39 Å². The van der Waals surface area contributed by atoms with Crippen molar-refractivity contribution in [2.75, 3.05) is 12.3 Å². The lowest BCUT2D eigenvalue weighted by Crippen LogP contribution is -2.27. The van der Waals surface area contributed by atoms with Gasteiger partial charge in [-0.2, -0.15) is 0 Å². The van der Waals surface area contributed by atoms with Gasteiger partial charge in [-0.1, -0.05) is 30.3 Å². The fourth-order valence-corrected chi connectivity index (χ4v) is 5.34. The van der Waals surface area contributed by atoms with Gasteiger partial charge in [0.2, 0.25) is 10.0 Å². The number of nitrogens with one attached hydrogen (secondary N) is 2. The molecule has 4 nitrogen and oxygen atoms in total. The van der Waals surface area contributed by atoms with Crippen molar-refractivity contribution >= 4 is 10.0 Å². The summed E-state index contributed by atoms with van der Waals surface area (Å²) in [5.41, 5.74) is 3.75. The Morgan fingerprint density at radius 2 is 1.93 bits per heavy atom. The third-order valence-corrected chi connectivity index (χ3v) is 7.11. The van der Waals surface area contributed by atoms with Crippen molar-refractivity contribution in [3.8, 4) is 0 Å². The number of sulfonamides is 1. The smallest absolute Gasteiger partial charge is 0.212 e. The van der Waals surface area contributed by atoms with Crippen LogP contribution in [-0.2, 0) is 29.4 Å². The molecule has 2 aromatic carbocycles. The zero-order valence-electron chi connectivity index (χ0n) is 16.0. The van der Waals surface area contributed by atoms with Crippen LogP contribution in [-0.4, -0.2) is 20.7 Å². The minimum absolute atomic E-state index is 0.00617. The number of hydrogen-bond acceptors (Lipinski definition) is 3. The molecule has 2 N–H and O–H groups in total. The normalized spacial score (nSPS) is 19.8. The summed E-state index contributed by atoms with van der Waals surface area (Å²) in [5.74, 6) is 0.0969. The van der Waals surface area contributed by atoms with E-state index in [1.807, 2.05) is 24.3 Å². The molecule has 0 radical (unpaired) electrons. The van der Waals surface area contributed by atoms with Gasteiger partial charge in [0.1, 0.15) is 5.82 Å². The molecule has 1 unspecified atom stereocenters. The monoisotopic (exact) mass is 402 g/mol. The van der Waals surface area contributed by atoms with Crippen molar-refractivity contribution in [1.82, 2.24) is 10.0 Å². The van der Waals surface area contributed by atoms with E-state index in [0.717, 1.165) is 49.8 Å². The average molecular weight is 403 g/mol. The van der Waals surface area contributed by atoms with Crippen LogP contribution in [0.15, 0.2) is 42.5 Å². The predicted octanol–water partition coefficient (Wildman–Crippen LogP) is 3.47. The second kappa shape index (κ2) is 8.31. The van der Waals surface area contributed by atoms with Gasteiger partial charge in [0, 0.05) is 18.2 Å². The van der Waals surface area contributed by atoms with E-state index in [1.54, 1.807) is 6.07 Å². The van der Waals surface area contributed by atoms with Crippen LogP contribution in [0.5, 0.6) is 0 Å². The minimum Gasteiger partial charge on any atom is -0.310 e. The maximum absolute atomic E-state index is 14.7. The summed E-state index contributed by atoms with van der Waals surface area (Å²) >= 11 is 0. The Morgan fingerprint density at radius 3 is 2.68 bits per heavy atom. The molecule has 1 fully saturated rings. The Bertz CT molecular complexity index is 927. The first-order chi connectivity index (χ1) is 13.5. The van der Waals surface area contributed by atoms with Crippen molar-refractivity contribution < 1.29 is 12.8 Å². The van der Waals surface area contributed by atoms with Crippen LogP contribution < -0.4 is 10.0 Å². The Balaban J connectivity index is 1.55. The molecule has 1 saturated carbocycles. The van der Waals surface area contributed by atoms with Crippen molar-refractivity contribution in [2.45, 2.75) is 44.7 Å². The third kappa shape index (κ3) is 4.99. The molecule has 4 rings (SSSR count). The summed E-state index contributed by atoms with van der Waals surface area (Å²) in [6.07, 6.45) is 4.57. The first-order valence-electron chi connectivity index (χ1n) is 10.1. The van der Waals surface area contributed by atoms with Gasteiger partial charge in [-0.05, 0) is 73.4 Å². The number of halogens is 1. The first-order valence-corrected chi connectivity index (χ1v) is 11.7. The maximum Gasteiger partial charge on any atom is 0.212 e. The average Bonchev–Trinajstić information content (AvgIpc) is 3.49. The highest BCUT2D eigenvalue weighted by molar-refractivity contribution is 7.89. The number of rotatable bonds is 7. The highest BCUT2D eigenvalue weighted by Crippen LogP contribution is 2.31. The molecule has 2 aliphatic rings. The van der Waals surface area contributed by atoms with Crippen LogP contribution in [0, 0.1) is 11.7 Å². The number of benzene rings is 2. The van der Waals surface area contributed by atoms with E-state index < -0.39 is 10.0 Å². The van der Waals surface area contributed by atoms with Gasteiger partial charge in [-0.15, -0.1) is 0 Å². The summed E-state index contributed by atoms with van der Waals surface area (Å²) < 4.78 is 41.6. The van der Waals surface area contributed by atoms with E-state index in [2.05, 4.69) is 22.2 Å². The summed E-state index contributed by atoms with van der Waals surface area (Å²) in [5, 5.41) is 3.58. The highest BCUT2D eigenvalue weighted by Gasteiger charge is 2.28. The van der Waals surface area contributed by atoms with Gasteiger partial charge in [-0.3, -0.25) is 0 Å². The molecule has 1 heterocycles. The molecule has 0 saturated heterocycles. The molecule has 0 spiro atoms. The fourth-order valence-electron chi connectivity index (χ4n) is 3.89. The van der Waals surface area contributed by atoms with Gasteiger partial charge in [0.05, 0.1) is 5.75 Å². The molecule has 6 heteroatoms. The number of fused-ring (bicyclic) bond motifs is 1. The summed E-state index contributed by atoms with van der Waals surface area (Å²) in [4.78, 5) is 0. The number of hydrogen-bond donors (Lipinski definition) is 2. The predicted molar refractivity (Wildman–Crippen MR) is 109 cm³/mol. The summed E-state index contributed by atoms with van der Waals surface area (Å²) in [6.45, 7) is 0.892. The Kier molecular flexibility index (Phi) is 5.80. The van der Waals surface area contributed by atoms with Crippen molar-refractivity contribution in [3.63, 3.8) is 0 Å². The lowest BCUT2D eigenvalue weighted by atomic mass is 9.92. The van der Waals surface area contributed by atoms with Crippen LogP contribution >= 0.6 is 0 Å². The van der Waals surface area contributed by atoms with Crippen LogP contribution in [0.1, 0.15) is 47.6 Å². The van der Waals surface area contributed by atoms with Crippen molar-refractivity contribution in [3.05, 3.63) is 70.5 Å². The molecule has 1 atom stereocenters. The fraction of sp³-hybridized carbons (Fsp3) is 0.455. The zero-order chi connectivity index (χ0) is 19.6. The van der Waals surface area contributed by atoms with Gasteiger partial charge in [0.25, 0.3) is 0 Å². The Hall–Kier alpha value is -1.76. The standard InChI is InChI=1S/C22H27FN2O2S/c23-21-13-18-7-4-10-24-22(11-16-5-2-1-3-6-16)20(18)12-19(21)14-25-28(26,27)15-17-8-9-17/h1-3,5-6,12-13,17,22,24-25H,4,7-11,14-15H2. The lowest BCUT2D eigenvalue weighted by molar-refractivity contribution is 0.537. The van der Waals surface area contributed by atoms with Crippen LogP contribution in [0.25, 0.3) is 0 Å². The molecular formula is C22H27FN2O2S. The van der Waals surface area contributed by atoms with E-state index in [4.69, 9.17) is 0 Å². The topological polar surface area (TPSA) is 58.2 Å². The van der Waals surface area contributed by atoms with Gasteiger partial charge in [0.15, 0.2) is 0 Å². The molecule has 0 bridgehead atoms. The maximum atomic E-state index is 14.7. The number of aryl methyl sites for hydroxylation is 1. The van der Waals surface area contributed by atoms with Crippen LogP contribution in [0.3, 0.4) is 0 Å².